The van der Waals surface area contributed by atoms with Gasteiger partial charge in [-0.2, -0.15) is 0 Å². The van der Waals surface area contributed by atoms with Crippen LogP contribution in [0.2, 0.25) is 0 Å². The maximum atomic E-state index is 11.6. The van der Waals surface area contributed by atoms with Gasteiger partial charge in [0.25, 0.3) is 0 Å². The van der Waals surface area contributed by atoms with Gasteiger partial charge in [-0.3, -0.25) is 4.79 Å². The van der Waals surface area contributed by atoms with Gasteiger partial charge >= 0.3 is 5.97 Å². The Balaban J connectivity index is 2.00. The Morgan fingerprint density at radius 1 is 1.09 bits per heavy atom. The smallest absolute Gasteiger partial charge is 0.311 e. The van der Waals surface area contributed by atoms with Gasteiger partial charge in [-0.05, 0) is 48.1 Å². The zero-order chi connectivity index (χ0) is 16.8. The Hall–Kier alpha value is -2.29. The highest BCUT2D eigenvalue weighted by Crippen LogP contribution is 2.24. The third-order valence-electron chi connectivity index (χ3n) is 3.97. The number of carbonyl (C=O) groups is 1. The van der Waals surface area contributed by atoms with E-state index in [2.05, 4.69) is 13.8 Å². The van der Waals surface area contributed by atoms with Crippen LogP contribution in [0.25, 0.3) is 0 Å². The second-order valence-corrected chi connectivity index (χ2v) is 6.17. The van der Waals surface area contributed by atoms with Crippen molar-refractivity contribution in [3.63, 3.8) is 0 Å². The number of hydrogen-bond acceptors (Lipinski definition) is 2. The van der Waals surface area contributed by atoms with E-state index in [0.29, 0.717) is 18.9 Å². The van der Waals surface area contributed by atoms with E-state index in [9.17, 15) is 9.90 Å². The number of carboxylic acids is 1. The standard InChI is InChI=1S/C20H24O3/c1-14(2)16-7-9-17(10-8-16)19(20(21)22)11-12-23-18-6-4-5-15(3)13-18/h4-10,13-14,19H,11-12H2,1-3H3,(H,21,22). The quantitative estimate of drug-likeness (QED) is 0.802. The van der Waals surface area contributed by atoms with Gasteiger partial charge in [0, 0.05) is 0 Å². The van der Waals surface area contributed by atoms with Gasteiger partial charge in [0.2, 0.25) is 0 Å². The SMILES string of the molecule is Cc1cccc(OCCC(C(=O)O)c2ccc(C(C)C)cc2)c1. The van der Waals surface area contributed by atoms with E-state index in [1.165, 1.54) is 5.56 Å². The number of carboxylic acid groups (broad SMARTS) is 1. The first-order valence-corrected chi connectivity index (χ1v) is 7.99. The van der Waals surface area contributed by atoms with Crippen molar-refractivity contribution in [2.24, 2.45) is 0 Å². The molecule has 3 nitrogen and oxygen atoms in total. The predicted octanol–water partition coefficient (Wildman–Crippen LogP) is 4.76. The molecule has 2 aromatic carbocycles. The highest BCUT2D eigenvalue weighted by molar-refractivity contribution is 5.76. The van der Waals surface area contributed by atoms with Crippen LogP contribution in [0, 0.1) is 6.92 Å². The van der Waals surface area contributed by atoms with Crippen LogP contribution >= 0.6 is 0 Å². The molecule has 0 aliphatic carbocycles. The van der Waals surface area contributed by atoms with E-state index in [-0.39, 0.29) is 0 Å². The summed E-state index contributed by atoms with van der Waals surface area (Å²) in [5.41, 5.74) is 3.17. The Labute approximate surface area is 137 Å². The van der Waals surface area contributed by atoms with Gasteiger partial charge in [0.15, 0.2) is 0 Å². The van der Waals surface area contributed by atoms with Gasteiger partial charge < -0.3 is 9.84 Å². The fourth-order valence-electron chi connectivity index (χ4n) is 2.55. The molecule has 0 saturated carbocycles. The number of aliphatic carboxylic acids is 1. The van der Waals surface area contributed by atoms with Crippen LogP contribution in [0.4, 0.5) is 0 Å². The minimum Gasteiger partial charge on any atom is -0.494 e. The summed E-state index contributed by atoms with van der Waals surface area (Å²) in [6.45, 7) is 6.63. The normalized spacial score (nSPS) is 12.2. The Morgan fingerprint density at radius 3 is 2.30 bits per heavy atom. The molecule has 0 amide bonds. The zero-order valence-corrected chi connectivity index (χ0v) is 14.0. The van der Waals surface area contributed by atoms with Crippen molar-refractivity contribution in [3.8, 4) is 5.75 Å². The van der Waals surface area contributed by atoms with Crippen molar-refractivity contribution in [1.82, 2.24) is 0 Å². The lowest BCUT2D eigenvalue weighted by atomic mass is 9.93. The summed E-state index contributed by atoms with van der Waals surface area (Å²) < 4.78 is 5.69. The Bertz CT molecular complexity index is 644. The van der Waals surface area contributed by atoms with Crippen molar-refractivity contribution < 1.29 is 14.6 Å². The number of benzene rings is 2. The highest BCUT2D eigenvalue weighted by Gasteiger charge is 2.20. The van der Waals surface area contributed by atoms with E-state index in [4.69, 9.17) is 4.74 Å². The molecule has 3 heteroatoms. The van der Waals surface area contributed by atoms with Crippen LogP contribution in [0.5, 0.6) is 5.75 Å². The van der Waals surface area contributed by atoms with Crippen molar-refractivity contribution >= 4 is 5.97 Å². The molecule has 0 aliphatic rings. The topological polar surface area (TPSA) is 46.5 Å². The summed E-state index contributed by atoms with van der Waals surface area (Å²) in [6.07, 6.45) is 0.449. The molecule has 0 aromatic heterocycles. The molecule has 0 heterocycles. The van der Waals surface area contributed by atoms with E-state index >= 15 is 0 Å². The summed E-state index contributed by atoms with van der Waals surface area (Å²) in [7, 11) is 0. The average Bonchev–Trinajstić information content (AvgIpc) is 2.51. The van der Waals surface area contributed by atoms with Crippen LogP contribution in [0.1, 0.15) is 48.8 Å². The molecular weight excluding hydrogens is 288 g/mol. The monoisotopic (exact) mass is 312 g/mol. The Kier molecular flexibility index (Phi) is 5.80. The first-order valence-electron chi connectivity index (χ1n) is 7.99. The number of rotatable bonds is 7. The van der Waals surface area contributed by atoms with E-state index < -0.39 is 11.9 Å². The van der Waals surface area contributed by atoms with Gasteiger partial charge in [-0.25, -0.2) is 0 Å². The lowest BCUT2D eigenvalue weighted by molar-refractivity contribution is -0.139. The predicted molar refractivity (Wildman–Crippen MR) is 92.2 cm³/mol. The summed E-state index contributed by atoms with van der Waals surface area (Å²) in [6, 6.07) is 15.6. The lowest BCUT2D eigenvalue weighted by Crippen LogP contribution is -2.15. The first-order chi connectivity index (χ1) is 11.0. The van der Waals surface area contributed by atoms with E-state index in [0.717, 1.165) is 16.9 Å². The molecule has 0 saturated heterocycles. The molecular formula is C20H24O3. The van der Waals surface area contributed by atoms with Crippen LogP contribution in [-0.2, 0) is 4.79 Å². The van der Waals surface area contributed by atoms with Crippen molar-refractivity contribution in [2.45, 2.75) is 39.0 Å². The number of hydrogen-bond donors (Lipinski definition) is 1. The number of ether oxygens (including phenoxy) is 1. The summed E-state index contributed by atoms with van der Waals surface area (Å²) in [5.74, 6) is -0.127. The van der Waals surface area contributed by atoms with Crippen molar-refractivity contribution in [3.05, 3.63) is 65.2 Å². The van der Waals surface area contributed by atoms with Crippen molar-refractivity contribution in [1.29, 1.82) is 0 Å². The fraction of sp³-hybridized carbons (Fsp3) is 0.350. The second kappa shape index (κ2) is 7.82. The maximum Gasteiger partial charge on any atom is 0.311 e. The molecule has 2 rings (SSSR count). The van der Waals surface area contributed by atoms with Crippen molar-refractivity contribution in [2.75, 3.05) is 6.61 Å². The van der Waals surface area contributed by atoms with Gasteiger partial charge in [-0.1, -0.05) is 50.2 Å². The summed E-state index contributed by atoms with van der Waals surface area (Å²) in [4.78, 5) is 11.6. The van der Waals surface area contributed by atoms with Gasteiger partial charge in [0.05, 0.1) is 12.5 Å². The number of aryl methyl sites for hydroxylation is 1. The lowest BCUT2D eigenvalue weighted by Gasteiger charge is -2.15. The van der Waals surface area contributed by atoms with Gasteiger partial charge in [-0.15, -0.1) is 0 Å². The molecule has 0 radical (unpaired) electrons. The zero-order valence-electron chi connectivity index (χ0n) is 14.0. The van der Waals surface area contributed by atoms with Crippen LogP contribution in [0.3, 0.4) is 0 Å². The third-order valence-corrected chi connectivity index (χ3v) is 3.97. The summed E-state index contributed by atoms with van der Waals surface area (Å²) >= 11 is 0. The Morgan fingerprint density at radius 2 is 1.74 bits per heavy atom. The molecule has 1 N–H and O–H groups in total. The highest BCUT2D eigenvalue weighted by atomic mass is 16.5. The van der Waals surface area contributed by atoms with E-state index in [1.807, 2.05) is 55.5 Å². The summed E-state index contributed by atoms with van der Waals surface area (Å²) in [5, 5.41) is 9.49. The van der Waals surface area contributed by atoms with Crippen LogP contribution in [0.15, 0.2) is 48.5 Å². The molecule has 2 aromatic rings. The molecule has 0 bridgehead atoms. The minimum absolute atomic E-state index is 0.381. The molecule has 0 spiro atoms. The largest absolute Gasteiger partial charge is 0.494 e. The fourth-order valence-corrected chi connectivity index (χ4v) is 2.55. The second-order valence-electron chi connectivity index (χ2n) is 6.17. The third kappa shape index (κ3) is 4.85. The molecule has 122 valence electrons. The van der Waals surface area contributed by atoms with E-state index in [1.54, 1.807) is 0 Å². The molecule has 1 atom stereocenters. The first kappa shape index (κ1) is 17.1. The molecule has 23 heavy (non-hydrogen) atoms. The van der Waals surface area contributed by atoms with Crippen LogP contribution in [-0.4, -0.2) is 17.7 Å². The van der Waals surface area contributed by atoms with Gasteiger partial charge in [0.1, 0.15) is 5.75 Å². The maximum absolute atomic E-state index is 11.6. The molecule has 0 fully saturated rings. The minimum atomic E-state index is -0.810. The van der Waals surface area contributed by atoms with Crippen LogP contribution < -0.4 is 4.74 Å². The molecule has 0 aliphatic heterocycles. The molecule has 1 unspecified atom stereocenters. The average molecular weight is 312 g/mol.